The van der Waals surface area contributed by atoms with Crippen LogP contribution in [-0.4, -0.2) is 18.4 Å². The van der Waals surface area contributed by atoms with Crippen molar-refractivity contribution in [3.63, 3.8) is 0 Å². The Labute approximate surface area is 123 Å². The van der Waals surface area contributed by atoms with Gasteiger partial charge in [0.05, 0.1) is 6.26 Å². The average Bonchev–Trinajstić information content (AvgIpc) is 2.90. The second kappa shape index (κ2) is 6.92. The quantitative estimate of drug-likeness (QED) is 0.801. The van der Waals surface area contributed by atoms with E-state index in [0.29, 0.717) is 19.0 Å². The third-order valence-corrected chi connectivity index (χ3v) is 3.04. The minimum atomic E-state index is -0.274. The van der Waals surface area contributed by atoms with Gasteiger partial charge in [-0.25, -0.2) is 0 Å². The monoisotopic (exact) mass is 288 g/mol. The molecule has 112 valence electrons. The van der Waals surface area contributed by atoms with E-state index in [1.165, 1.54) is 0 Å². The van der Waals surface area contributed by atoms with Crippen molar-refractivity contribution in [3.05, 3.63) is 36.1 Å². The molecule has 1 aromatic carbocycles. The fourth-order valence-corrected chi connectivity index (χ4v) is 1.92. The zero-order chi connectivity index (χ0) is 15.2. The molecule has 5 nitrogen and oxygen atoms in total. The highest BCUT2D eigenvalue weighted by atomic mass is 16.3. The summed E-state index contributed by atoms with van der Waals surface area (Å²) in [6.07, 6.45) is 1.49. The van der Waals surface area contributed by atoms with Crippen LogP contribution in [0.1, 0.15) is 25.8 Å². The molecule has 0 spiro atoms. The van der Waals surface area contributed by atoms with Crippen molar-refractivity contribution in [2.45, 2.75) is 26.8 Å². The molecule has 0 aliphatic heterocycles. The van der Waals surface area contributed by atoms with Gasteiger partial charge in [0.1, 0.15) is 12.0 Å². The summed E-state index contributed by atoms with van der Waals surface area (Å²) in [6, 6.07) is 7.59. The molecule has 0 aliphatic carbocycles. The van der Waals surface area contributed by atoms with Gasteiger partial charge >= 0.3 is 0 Å². The van der Waals surface area contributed by atoms with E-state index in [1.807, 2.05) is 38.1 Å². The van der Waals surface area contributed by atoms with Crippen molar-refractivity contribution in [1.29, 1.82) is 0 Å². The van der Waals surface area contributed by atoms with Gasteiger partial charge in [0.2, 0.25) is 11.8 Å². The van der Waals surface area contributed by atoms with Crippen molar-refractivity contribution in [1.82, 2.24) is 10.6 Å². The number of hydrogen-bond donors (Lipinski definition) is 2. The highest BCUT2D eigenvalue weighted by Crippen LogP contribution is 2.16. The zero-order valence-electron chi connectivity index (χ0n) is 12.3. The Hall–Kier alpha value is -2.30. The number of furan rings is 1. The highest BCUT2D eigenvalue weighted by molar-refractivity contribution is 5.96. The van der Waals surface area contributed by atoms with Crippen molar-refractivity contribution in [3.8, 4) is 0 Å². The lowest BCUT2D eigenvalue weighted by molar-refractivity contribution is -0.129. The van der Waals surface area contributed by atoms with Crippen LogP contribution in [0.3, 0.4) is 0 Å². The van der Waals surface area contributed by atoms with Crippen LogP contribution in [0.5, 0.6) is 0 Å². The van der Waals surface area contributed by atoms with Crippen LogP contribution in [0.4, 0.5) is 0 Å². The van der Waals surface area contributed by atoms with Crippen molar-refractivity contribution >= 4 is 22.8 Å². The van der Waals surface area contributed by atoms with Gasteiger partial charge < -0.3 is 15.1 Å². The van der Waals surface area contributed by atoms with Gasteiger partial charge in [-0.15, -0.1) is 0 Å². The number of hydrogen-bond acceptors (Lipinski definition) is 3. The third kappa shape index (κ3) is 4.63. The zero-order valence-corrected chi connectivity index (χ0v) is 12.3. The predicted octanol–water partition coefficient (Wildman–Crippen LogP) is 2.21. The molecule has 0 fully saturated rings. The van der Waals surface area contributed by atoms with Crippen molar-refractivity contribution < 1.29 is 14.0 Å². The molecular formula is C16H20N2O3. The molecule has 21 heavy (non-hydrogen) atoms. The highest BCUT2D eigenvalue weighted by Gasteiger charge is 2.09. The van der Waals surface area contributed by atoms with E-state index in [9.17, 15) is 9.59 Å². The smallest absolute Gasteiger partial charge is 0.229 e. The molecular weight excluding hydrogens is 268 g/mol. The molecule has 0 radical (unpaired) electrons. The van der Waals surface area contributed by atoms with Gasteiger partial charge in [-0.3, -0.25) is 9.59 Å². The molecule has 5 heteroatoms. The fourth-order valence-electron chi connectivity index (χ4n) is 1.92. The summed E-state index contributed by atoms with van der Waals surface area (Å²) < 4.78 is 5.26. The van der Waals surface area contributed by atoms with Gasteiger partial charge in [0.25, 0.3) is 0 Å². The van der Waals surface area contributed by atoms with E-state index in [4.69, 9.17) is 4.42 Å². The molecule has 1 aromatic heterocycles. The number of carbonyl (C=O) groups is 2. The SMILES string of the molecule is CC(C)CNC(=O)CC(=O)NCc1ccc2occc2c1. The summed E-state index contributed by atoms with van der Waals surface area (Å²) in [5.74, 6) is -0.145. The maximum Gasteiger partial charge on any atom is 0.229 e. The molecule has 0 saturated carbocycles. The van der Waals surface area contributed by atoms with Crippen LogP contribution in [0, 0.1) is 5.92 Å². The van der Waals surface area contributed by atoms with Crippen LogP contribution < -0.4 is 10.6 Å². The number of fused-ring (bicyclic) bond motifs is 1. The molecule has 2 aromatic rings. The van der Waals surface area contributed by atoms with Gasteiger partial charge in [-0.2, -0.15) is 0 Å². The van der Waals surface area contributed by atoms with Crippen LogP contribution in [0.25, 0.3) is 11.0 Å². The Morgan fingerprint density at radius 2 is 1.90 bits per heavy atom. The summed E-state index contributed by atoms with van der Waals surface area (Å²) in [4.78, 5) is 23.2. The summed E-state index contributed by atoms with van der Waals surface area (Å²) >= 11 is 0. The molecule has 0 bridgehead atoms. The molecule has 0 saturated heterocycles. The fraction of sp³-hybridized carbons (Fsp3) is 0.375. The van der Waals surface area contributed by atoms with Gasteiger partial charge in [0, 0.05) is 18.5 Å². The predicted molar refractivity (Wildman–Crippen MR) is 80.5 cm³/mol. The normalized spacial score (nSPS) is 10.8. The topological polar surface area (TPSA) is 71.3 Å². The molecule has 1 heterocycles. The Morgan fingerprint density at radius 3 is 2.67 bits per heavy atom. The molecule has 0 unspecified atom stereocenters. The average molecular weight is 288 g/mol. The Kier molecular flexibility index (Phi) is 4.98. The maximum absolute atomic E-state index is 11.7. The number of benzene rings is 1. The number of rotatable bonds is 6. The lowest BCUT2D eigenvalue weighted by Crippen LogP contribution is -2.33. The van der Waals surface area contributed by atoms with E-state index in [1.54, 1.807) is 6.26 Å². The van der Waals surface area contributed by atoms with Crippen LogP contribution >= 0.6 is 0 Å². The number of carbonyl (C=O) groups excluding carboxylic acids is 2. The largest absolute Gasteiger partial charge is 0.464 e. The standard InChI is InChI=1S/C16H20N2O3/c1-11(2)9-17-15(19)8-16(20)18-10-12-3-4-14-13(7-12)5-6-21-14/h3-7,11H,8-10H2,1-2H3,(H,17,19)(H,18,20). The second-order valence-electron chi connectivity index (χ2n) is 5.44. The van der Waals surface area contributed by atoms with Gasteiger partial charge in [0.15, 0.2) is 0 Å². The summed E-state index contributed by atoms with van der Waals surface area (Å²) in [5, 5.41) is 6.46. The van der Waals surface area contributed by atoms with E-state index in [2.05, 4.69) is 10.6 Å². The minimum absolute atomic E-state index is 0.138. The third-order valence-electron chi connectivity index (χ3n) is 3.04. The van der Waals surface area contributed by atoms with Crippen LogP contribution in [-0.2, 0) is 16.1 Å². The first kappa shape index (κ1) is 15.1. The number of nitrogens with one attached hydrogen (secondary N) is 2. The maximum atomic E-state index is 11.7. The molecule has 0 atom stereocenters. The lowest BCUT2D eigenvalue weighted by atomic mass is 10.1. The first-order chi connectivity index (χ1) is 10.0. The first-order valence-electron chi connectivity index (χ1n) is 7.04. The lowest BCUT2D eigenvalue weighted by Gasteiger charge is -2.08. The van der Waals surface area contributed by atoms with Gasteiger partial charge in [-0.05, 0) is 29.7 Å². The molecule has 2 N–H and O–H groups in total. The minimum Gasteiger partial charge on any atom is -0.464 e. The summed E-state index contributed by atoms with van der Waals surface area (Å²) in [7, 11) is 0. The van der Waals surface area contributed by atoms with Crippen molar-refractivity contribution in [2.75, 3.05) is 6.54 Å². The first-order valence-corrected chi connectivity index (χ1v) is 7.04. The van der Waals surface area contributed by atoms with Gasteiger partial charge in [-0.1, -0.05) is 19.9 Å². The van der Waals surface area contributed by atoms with E-state index < -0.39 is 0 Å². The summed E-state index contributed by atoms with van der Waals surface area (Å²) in [5.41, 5.74) is 1.79. The van der Waals surface area contributed by atoms with Crippen LogP contribution in [0.2, 0.25) is 0 Å². The molecule has 2 amide bonds. The van der Waals surface area contributed by atoms with Crippen LogP contribution in [0.15, 0.2) is 34.9 Å². The van der Waals surface area contributed by atoms with E-state index >= 15 is 0 Å². The molecule has 0 aliphatic rings. The molecule has 2 rings (SSSR count). The Bertz CT molecular complexity index is 631. The Morgan fingerprint density at radius 1 is 1.14 bits per heavy atom. The Balaban J connectivity index is 1.79. The summed E-state index contributed by atoms with van der Waals surface area (Å²) in [6.45, 7) is 5.00. The second-order valence-corrected chi connectivity index (χ2v) is 5.44. The van der Waals surface area contributed by atoms with E-state index in [-0.39, 0.29) is 18.2 Å². The van der Waals surface area contributed by atoms with E-state index in [0.717, 1.165) is 16.5 Å². The number of amides is 2. The van der Waals surface area contributed by atoms with Crippen molar-refractivity contribution in [2.24, 2.45) is 5.92 Å².